The summed E-state index contributed by atoms with van der Waals surface area (Å²) in [6, 6.07) is 1.13. The van der Waals surface area contributed by atoms with Crippen LogP contribution in [0.1, 0.15) is 19.4 Å². The second-order valence-electron chi connectivity index (χ2n) is 5.00. The third-order valence-electron chi connectivity index (χ3n) is 3.55. The summed E-state index contributed by atoms with van der Waals surface area (Å²) >= 11 is 6.74. The zero-order chi connectivity index (χ0) is 16.7. The molecule has 1 unspecified atom stereocenters. The quantitative estimate of drug-likeness (QED) is 0.574. The molecule has 1 aromatic carbocycles. The minimum Gasteiger partial charge on any atom is -0.488 e. The average Bonchev–Trinajstić information content (AvgIpc) is 2.49. The Bertz CT molecular complexity index is 918. The molecule has 0 fully saturated rings. The molecule has 0 saturated carbocycles. The highest BCUT2D eigenvalue weighted by molar-refractivity contribution is 9.11. The number of esters is 1. The number of benzene rings is 1. The van der Waals surface area contributed by atoms with Gasteiger partial charge in [0.15, 0.2) is 5.75 Å². The predicted octanol–water partition coefficient (Wildman–Crippen LogP) is 2.10. The molecule has 0 spiro atoms. The SMILES string of the molecule is CCOC(=O)CC1COc2c(Br)cc(Br)c3[nH]c(=O)c(=O)n1c23. The van der Waals surface area contributed by atoms with Crippen LogP contribution in [0, 0.1) is 0 Å². The number of hydrogen-bond donors (Lipinski definition) is 1. The molecule has 2 aromatic rings. The molecule has 0 radical (unpaired) electrons. The van der Waals surface area contributed by atoms with Gasteiger partial charge in [-0.2, -0.15) is 0 Å². The zero-order valence-electron chi connectivity index (χ0n) is 12.0. The number of aromatic amines is 1. The molecule has 122 valence electrons. The predicted molar refractivity (Wildman–Crippen MR) is 90.0 cm³/mol. The smallest absolute Gasteiger partial charge is 0.317 e. The summed E-state index contributed by atoms with van der Waals surface area (Å²) in [7, 11) is 0. The Balaban J connectivity index is 2.27. The fourth-order valence-corrected chi connectivity index (χ4v) is 3.97. The van der Waals surface area contributed by atoms with E-state index in [0.29, 0.717) is 25.7 Å². The molecule has 1 aliphatic rings. The van der Waals surface area contributed by atoms with Crippen LogP contribution in [0.15, 0.2) is 24.6 Å². The summed E-state index contributed by atoms with van der Waals surface area (Å²) in [5.41, 5.74) is -0.582. The van der Waals surface area contributed by atoms with Gasteiger partial charge in [0.05, 0.1) is 29.1 Å². The first-order chi connectivity index (χ1) is 10.9. The van der Waals surface area contributed by atoms with Crippen LogP contribution in [-0.2, 0) is 9.53 Å². The highest BCUT2D eigenvalue weighted by Gasteiger charge is 2.29. The number of halogens is 2. The lowest BCUT2D eigenvalue weighted by Gasteiger charge is -2.28. The number of nitrogens with zero attached hydrogens (tertiary/aromatic N) is 1. The molecule has 0 amide bonds. The highest BCUT2D eigenvalue weighted by Crippen LogP contribution is 2.40. The minimum atomic E-state index is -0.748. The van der Waals surface area contributed by atoms with Gasteiger partial charge in [-0.3, -0.25) is 19.0 Å². The molecule has 1 aliphatic heterocycles. The molecule has 1 aromatic heterocycles. The number of H-pyrrole nitrogens is 1. The van der Waals surface area contributed by atoms with E-state index in [2.05, 4.69) is 36.8 Å². The maximum Gasteiger partial charge on any atom is 0.317 e. The molecular weight excluding hydrogens is 436 g/mol. The maximum atomic E-state index is 12.4. The second-order valence-corrected chi connectivity index (χ2v) is 6.70. The monoisotopic (exact) mass is 446 g/mol. The van der Waals surface area contributed by atoms with Crippen molar-refractivity contribution in [2.24, 2.45) is 0 Å². The summed E-state index contributed by atoms with van der Waals surface area (Å²) in [6.45, 7) is 2.06. The van der Waals surface area contributed by atoms with Gasteiger partial charge in [0.25, 0.3) is 0 Å². The van der Waals surface area contributed by atoms with Gasteiger partial charge in [-0.05, 0) is 44.8 Å². The lowest BCUT2D eigenvalue weighted by molar-refractivity contribution is -0.144. The van der Waals surface area contributed by atoms with Crippen molar-refractivity contribution in [1.29, 1.82) is 0 Å². The van der Waals surface area contributed by atoms with E-state index in [1.807, 2.05) is 0 Å². The van der Waals surface area contributed by atoms with E-state index in [0.717, 1.165) is 0 Å². The Morgan fingerprint density at radius 1 is 1.43 bits per heavy atom. The Morgan fingerprint density at radius 2 is 2.17 bits per heavy atom. The van der Waals surface area contributed by atoms with E-state index < -0.39 is 23.1 Å². The Hall–Kier alpha value is -1.61. The van der Waals surface area contributed by atoms with E-state index in [4.69, 9.17) is 9.47 Å². The van der Waals surface area contributed by atoms with Crippen LogP contribution < -0.4 is 15.9 Å². The zero-order valence-corrected chi connectivity index (χ0v) is 15.2. The van der Waals surface area contributed by atoms with Crippen molar-refractivity contribution >= 4 is 48.9 Å². The van der Waals surface area contributed by atoms with Crippen molar-refractivity contribution in [3.63, 3.8) is 0 Å². The number of hydrogen-bond acceptors (Lipinski definition) is 5. The van der Waals surface area contributed by atoms with Crippen LogP contribution in [0.4, 0.5) is 0 Å². The van der Waals surface area contributed by atoms with Crippen molar-refractivity contribution in [2.75, 3.05) is 13.2 Å². The molecular formula is C14H12Br2N2O5. The van der Waals surface area contributed by atoms with Gasteiger partial charge >= 0.3 is 17.1 Å². The second kappa shape index (κ2) is 6.12. The van der Waals surface area contributed by atoms with Crippen molar-refractivity contribution < 1.29 is 14.3 Å². The molecule has 3 rings (SSSR count). The molecule has 1 N–H and O–H groups in total. The fraction of sp³-hybridized carbons (Fsp3) is 0.357. The number of aromatic nitrogens is 2. The Morgan fingerprint density at radius 3 is 2.87 bits per heavy atom. The van der Waals surface area contributed by atoms with Gasteiger partial charge in [0.1, 0.15) is 12.1 Å². The van der Waals surface area contributed by atoms with E-state index in [1.54, 1.807) is 13.0 Å². The van der Waals surface area contributed by atoms with Crippen LogP contribution in [0.3, 0.4) is 0 Å². The van der Waals surface area contributed by atoms with Crippen molar-refractivity contribution in [3.05, 3.63) is 35.7 Å². The largest absolute Gasteiger partial charge is 0.488 e. The molecule has 0 aliphatic carbocycles. The van der Waals surface area contributed by atoms with Crippen LogP contribution in [-0.4, -0.2) is 28.7 Å². The lowest BCUT2D eigenvalue weighted by Crippen LogP contribution is -2.42. The van der Waals surface area contributed by atoms with Crippen LogP contribution in [0.25, 0.3) is 11.0 Å². The number of carbonyl (C=O) groups is 1. The fourth-order valence-electron chi connectivity index (χ4n) is 2.62. The van der Waals surface area contributed by atoms with E-state index in [9.17, 15) is 14.4 Å². The maximum absolute atomic E-state index is 12.4. The van der Waals surface area contributed by atoms with Crippen molar-refractivity contribution in [3.8, 4) is 5.75 Å². The molecule has 0 saturated heterocycles. The van der Waals surface area contributed by atoms with Gasteiger partial charge < -0.3 is 14.5 Å². The first-order valence-electron chi connectivity index (χ1n) is 6.89. The van der Waals surface area contributed by atoms with E-state index in [1.165, 1.54) is 4.57 Å². The van der Waals surface area contributed by atoms with Gasteiger partial charge in [-0.15, -0.1) is 0 Å². The van der Waals surface area contributed by atoms with Crippen molar-refractivity contribution in [1.82, 2.24) is 9.55 Å². The Labute approximate surface area is 146 Å². The van der Waals surface area contributed by atoms with Crippen LogP contribution >= 0.6 is 31.9 Å². The van der Waals surface area contributed by atoms with E-state index in [-0.39, 0.29) is 19.6 Å². The first-order valence-corrected chi connectivity index (χ1v) is 8.47. The molecule has 0 bridgehead atoms. The first kappa shape index (κ1) is 16.3. The molecule has 1 atom stereocenters. The van der Waals surface area contributed by atoms with Gasteiger partial charge in [-0.25, -0.2) is 0 Å². The topological polar surface area (TPSA) is 90.4 Å². The minimum absolute atomic E-state index is 0.0458. The summed E-state index contributed by atoms with van der Waals surface area (Å²) in [5, 5.41) is 0. The normalized spacial score (nSPS) is 16.2. The van der Waals surface area contributed by atoms with Crippen molar-refractivity contribution in [2.45, 2.75) is 19.4 Å². The molecule has 23 heavy (non-hydrogen) atoms. The third-order valence-corrected chi connectivity index (χ3v) is 4.76. The Kier molecular flexibility index (Phi) is 4.33. The van der Waals surface area contributed by atoms with E-state index >= 15 is 0 Å². The number of ether oxygens (including phenoxy) is 2. The number of rotatable bonds is 3. The highest BCUT2D eigenvalue weighted by atomic mass is 79.9. The van der Waals surface area contributed by atoms with Crippen LogP contribution in [0.2, 0.25) is 0 Å². The van der Waals surface area contributed by atoms with Gasteiger partial charge in [-0.1, -0.05) is 0 Å². The van der Waals surface area contributed by atoms with Gasteiger partial charge in [0.2, 0.25) is 0 Å². The third kappa shape index (κ3) is 2.72. The number of carbonyl (C=O) groups excluding carboxylic acids is 1. The molecule has 7 nitrogen and oxygen atoms in total. The molecule has 2 heterocycles. The standard InChI is InChI=1S/C14H12Br2N2O5/c1-2-22-9(19)3-6-5-23-12-8(16)4-7(15)10-11(12)18(6)14(21)13(20)17-10/h4,6H,2-3,5H2,1H3,(H,17,20). The summed E-state index contributed by atoms with van der Waals surface area (Å²) in [5.74, 6) is 0.00982. The van der Waals surface area contributed by atoms with Crippen LogP contribution in [0.5, 0.6) is 5.75 Å². The number of nitrogens with one attached hydrogen (secondary N) is 1. The average molecular weight is 448 g/mol. The molecule has 9 heteroatoms. The lowest BCUT2D eigenvalue weighted by atomic mass is 10.1. The summed E-state index contributed by atoms with van der Waals surface area (Å²) in [6.07, 6.45) is -0.0458. The summed E-state index contributed by atoms with van der Waals surface area (Å²) in [4.78, 5) is 38.6. The van der Waals surface area contributed by atoms with Gasteiger partial charge in [0, 0.05) is 4.47 Å². The summed E-state index contributed by atoms with van der Waals surface area (Å²) < 4.78 is 13.2.